The molecule has 0 saturated heterocycles. The summed E-state index contributed by atoms with van der Waals surface area (Å²) >= 11 is 1.41. The fraction of sp³-hybridized carbons (Fsp3) is 0.300. The number of hydrogen-bond acceptors (Lipinski definition) is 4. The van der Waals surface area contributed by atoms with E-state index >= 15 is 0 Å². The maximum Gasteiger partial charge on any atom is 0.271 e. The van der Waals surface area contributed by atoms with E-state index < -0.39 is 0 Å². The van der Waals surface area contributed by atoms with E-state index in [4.69, 9.17) is 5.26 Å². The molecule has 0 fully saturated rings. The third-order valence-corrected chi connectivity index (χ3v) is 3.01. The van der Waals surface area contributed by atoms with Gasteiger partial charge in [-0.1, -0.05) is 0 Å². The van der Waals surface area contributed by atoms with Crippen molar-refractivity contribution in [1.82, 2.24) is 9.55 Å². The lowest BCUT2D eigenvalue weighted by molar-refractivity contribution is 0.627. The van der Waals surface area contributed by atoms with Crippen molar-refractivity contribution in [2.45, 2.75) is 19.4 Å². The van der Waals surface area contributed by atoms with Gasteiger partial charge in [0.2, 0.25) is 0 Å². The Morgan fingerprint density at radius 3 is 3.27 bits per heavy atom. The Balaban J connectivity index is 2.32. The second kappa shape index (κ2) is 4.24. The molecule has 0 aromatic carbocycles. The van der Waals surface area contributed by atoms with Crippen LogP contribution in [-0.4, -0.2) is 9.55 Å². The van der Waals surface area contributed by atoms with Gasteiger partial charge in [-0.05, 0) is 17.9 Å². The maximum absolute atomic E-state index is 11.8. The van der Waals surface area contributed by atoms with Crippen molar-refractivity contribution in [3.8, 4) is 6.07 Å². The first-order valence-corrected chi connectivity index (χ1v) is 5.50. The smallest absolute Gasteiger partial charge is 0.271 e. The van der Waals surface area contributed by atoms with Gasteiger partial charge >= 0.3 is 0 Å². The third kappa shape index (κ3) is 1.90. The highest BCUT2D eigenvalue weighted by atomic mass is 32.1. The Hall–Kier alpha value is -1.67. The SMILES string of the molecule is N#CCCCn1cnc2ccsc2c1=O. The van der Waals surface area contributed by atoms with Gasteiger partial charge in [0.05, 0.1) is 17.9 Å². The fourth-order valence-corrected chi connectivity index (χ4v) is 2.16. The number of rotatable bonds is 3. The Bertz CT molecular complexity index is 564. The van der Waals surface area contributed by atoms with Crippen LogP contribution in [0, 0.1) is 11.3 Å². The molecule has 2 aromatic heterocycles. The van der Waals surface area contributed by atoms with E-state index in [-0.39, 0.29) is 5.56 Å². The van der Waals surface area contributed by atoms with Gasteiger partial charge < -0.3 is 0 Å². The Morgan fingerprint density at radius 1 is 1.60 bits per heavy atom. The fourth-order valence-electron chi connectivity index (χ4n) is 1.37. The molecule has 5 heteroatoms. The van der Waals surface area contributed by atoms with E-state index in [1.807, 2.05) is 11.4 Å². The zero-order valence-corrected chi connectivity index (χ0v) is 8.83. The topological polar surface area (TPSA) is 58.7 Å². The molecular formula is C10H9N3OS. The summed E-state index contributed by atoms with van der Waals surface area (Å²) in [7, 11) is 0. The number of hydrogen-bond donors (Lipinski definition) is 0. The van der Waals surface area contributed by atoms with Gasteiger partial charge in [0.25, 0.3) is 5.56 Å². The van der Waals surface area contributed by atoms with Gasteiger partial charge in [-0.3, -0.25) is 9.36 Å². The highest BCUT2D eigenvalue weighted by Crippen LogP contribution is 2.13. The Morgan fingerprint density at radius 2 is 2.47 bits per heavy atom. The number of fused-ring (bicyclic) bond motifs is 1. The molecule has 0 spiro atoms. The molecule has 15 heavy (non-hydrogen) atoms. The Kier molecular flexibility index (Phi) is 2.79. The summed E-state index contributed by atoms with van der Waals surface area (Å²) in [4.78, 5) is 16.0. The lowest BCUT2D eigenvalue weighted by atomic mass is 10.3. The number of nitriles is 1. The van der Waals surface area contributed by atoms with Gasteiger partial charge in [-0.25, -0.2) is 4.98 Å². The largest absolute Gasteiger partial charge is 0.298 e. The van der Waals surface area contributed by atoms with Crippen LogP contribution < -0.4 is 5.56 Å². The normalized spacial score (nSPS) is 10.3. The molecule has 2 rings (SSSR count). The standard InChI is InChI=1S/C10H9N3OS/c11-4-1-2-5-13-7-12-8-3-6-15-9(8)10(13)14/h3,6-7H,1-2,5H2. The van der Waals surface area contributed by atoms with Crippen molar-refractivity contribution < 1.29 is 0 Å². The Labute approximate surface area is 90.4 Å². The van der Waals surface area contributed by atoms with Crippen LogP contribution >= 0.6 is 11.3 Å². The summed E-state index contributed by atoms with van der Waals surface area (Å²) in [6.45, 7) is 0.563. The molecule has 2 aromatic rings. The first kappa shape index (κ1) is 9.87. The van der Waals surface area contributed by atoms with Gasteiger partial charge in [0, 0.05) is 13.0 Å². The van der Waals surface area contributed by atoms with Crippen molar-refractivity contribution in [2.24, 2.45) is 0 Å². The molecule has 2 heterocycles. The van der Waals surface area contributed by atoms with Crippen LogP contribution in [0.3, 0.4) is 0 Å². The number of thiophene rings is 1. The van der Waals surface area contributed by atoms with E-state index in [1.165, 1.54) is 11.3 Å². The summed E-state index contributed by atoms with van der Waals surface area (Å²) < 4.78 is 2.25. The molecule has 4 nitrogen and oxygen atoms in total. The number of nitrogens with zero attached hydrogens (tertiary/aromatic N) is 3. The van der Waals surface area contributed by atoms with Crippen LogP contribution in [0.15, 0.2) is 22.6 Å². The number of aromatic nitrogens is 2. The summed E-state index contributed by atoms with van der Waals surface area (Å²) in [5.41, 5.74) is 0.745. The van der Waals surface area contributed by atoms with E-state index in [9.17, 15) is 4.79 Å². The molecule has 0 unspecified atom stereocenters. The van der Waals surface area contributed by atoms with Crippen LogP contribution in [0.25, 0.3) is 10.2 Å². The van der Waals surface area contributed by atoms with E-state index in [0.29, 0.717) is 24.1 Å². The lowest BCUT2D eigenvalue weighted by Gasteiger charge is -2.02. The molecule has 0 bridgehead atoms. The van der Waals surface area contributed by atoms with Crippen LogP contribution in [0.1, 0.15) is 12.8 Å². The van der Waals surface area contributed by atoms with Gasteiger partial charge in [0.1, 0.15) is 4.70 Å². The highest BCUT2D eigenvalue weighted by Gasteiger charge is 2.04. The molecule has 0 aliphatic carbocycles. The van der Waals surface area contributed by atoms with Crippen LogP contribution in [0.5, 0.6) is 0 Å². The second-order valence-corrected chi connectivity index (χ2v) is 4.06. The van der Waals surface area contributed by atoms with Crippen molar-refractivity contribution in [1.29, 1.82) is 5.26 Å². The second-order valence-electron chi connectivity index (χ2n) is 3.14. The van der Waals surface area contributed by atoms with Crippen molar-refractivity contribution in [3.05, 3.63) is 28.1 Å². The monoisotopic (exact) mass is 219 g/mol. The predicted molar refractivity (Wildman–Crippen MR) is 58.7 cm³/mol. The first-order chi connectivity index (χ1) is 7.33. The van der Waals surface area contributed by atoms with E-state index in [1.54, 1.807) is 10.9 Å². The minimum atomic E-state index is -0.00654. The summed E-state index contributed by atoms with van der Waals surface area (Å²) in [5.74, 6) is 0. The lowest BCUT2D eigenvalue weighted by Crippen LogP contribution is -2.19. The highest BCUT2D eigenvalue weighted by molar-refractivity contribution is 7.17. The minimum absolute atomic E-state index is 0.00654. The molecule has 0 saturated carbocycles. The quantitative estimate of drug-likeness (QED) is 0.739. The zero-order chi connectivity index (χ0) is 10.7. The van der Waals surface area contributed by atoms with Gasteiger partial charge in [0.15, 0.2) is 0 Å². The first-order valence-electron chi connectivity index (χ1n) is 4.62. The van der Waals surface area contributed by atoms with E-state index in [0.717, 1.165) is 5.52 Å². The zero-order valence-electron chi connectivity index (χ0n) is 8.01. The molecule has 0 radical (unpaired) electrons. The molecule has 76 valence electrons. The number of unbranched alkanes of at least 4 members (excludes halogenated alkanes) is 1. The van der Waals surface area contributed by atoms with Crippen LogP contribution in [0.2, 0.25) is 0 Å². The average Bonchev–Trinajstić information content (AvgIpc) is 2.70. The van der Waals surface area contributed by atoms with Crippen molar-refractivity contribution in [2.75, 3.05) is 0 Å². The molecular weight excluding hydrogens is 210 g/mol. The van der Waals surface area contributed by atoms with Crippen LogP contribution in [-0.2, 0) is 6.54 Å². The minimum Gasteiger partial charge on any atom is -0.298 e. The predicted octanol–water partition coefficient (Wildman–Crippen LogP) is 1.76. The molecule has 0 aliphatic rings. The molecule has 0 N–H and O–H groups in total. The molecule has 0 atom stereocenters. The summed E-state index contributed by atoms with van der Waals surface area (Å²) in [6.07, 6.45) is 2.71. The average molecular weight is 219 g/mol. The third-order valence-electron chi connectivity index (χ3n) is 2.12. The van der Waals surface area contributed by atoms with Crippen molar-refractivity contribution in [3.63, 3.8) is 0 Å². The molecule has 0 aliphatic heterocycles. The summed E-state index contributed by atoms with van der Waals surface area (Å²) in [6, 6.07) is 3.89. The van der Waals surface area contributed by atoms with Gasteiger partial charge in [-0.15, -0.1) is 11.3 Å². The van der Waals surface area contributed by atoms with Crippen molar-refractivity contribution >= 4 is 21.6 Å². The van der Waals surface area contributed by atoms with E-state index in [2.05, 4.69) is 11.1 Å². The summed E-state index contributed by atoms with van der Waals surface area (Å²) in [5, 5.41) is 10.3. The van der Waals surface area contributed by atoms with Crippen LogP contribution in [0.4, 0.5) is 0 Å². The van der Waals surface area contributed by atoms with Gasteiger partial charge in [-0.2, -0.15) is 5.26 Å². The maximum atomic E-state index is 11.8. The molecule has 0 amide bonds. The number of aryl methyl sites for hydroxylation is 1.